The number of halogens is 3. The molecule has 1 heterocycles. The number of likely N-dealkylation sites (tertiary alicyclic amines) is 1. The molecule has 0 bridgehead atoms. The molecule has 0 aliphatic carbocycles. The summed E-state index contributed by atoms with van der Waals surface area (Å²) in [4.78, 5) is 26.1. The molecule has 33 heavy (non-hydrogen) atoms. The lowest BCUT2D eigenvalue weighted by Crippen LogP contribution is -2.45. The molecular formula is C23H26Cl3N3O4. The summed E-state index contributed by atoms with van der Waals surface area (Å²) in [6.45, 7) is 3.40. The highest BCUT2D eigenvalue weighted by Crippen LogP contribution is 2.28. The zero-order valence-corrected chi connectivity index (χ0v) is 20.4. The van der Waals surface area contributed by atoms with Crippen LogP contribution < -0.4 is 15.4 Å². The molecule has 10 heteroatoms. The smallest absolute Gasteiger partial charge is 0.253 e. The predicted octanol–water partition coefficient (Wildman–Crippen LogP) is 4.24. The molecule has 2 amide bonds. The Kier molecular flexibility index (Phi) is 9.23. The van der Waals surface area contributed by atoms with Crippen molar-refractivity contribution >= 4 is 52.3 Å². The summed E-state index contributed by atoms with van der Waals surface area (Å²) in [6, 6.07) is 9.84. The molecule has 0 unspecified atom stereocenters. The summed E-state index contributed by atoms with van der Waals surface area (Å²) in [5, 5.41) is 17.1. The Morgan fingerprint density at radius 3 is 2.52 bits per heavy atom. The van der Waals surface area contributed by atoms with Crippen molar-refractivity contribution in [3.63, 3.8) is 0 Å². The number of anilines is 1. The number of rotatable bonds is 8. The number of β-amino-alcohol motifs (C(OH)–C–C–N with tert-alkyl or cyclic N) is 1. The molecule has 178 valence electrons. The lowest BCUT2D eigenvalue weighted by molar-refractivity contribution is -0.114. The number of ether oxygens (including phenoxy) is 1. The van der Waals surface area contributed by atoms with E-state index in [1.54, 1.807) is 24.3 Å². The van der Waals surface area contributed by atoms with Crippen molar-refractivity contribution < 1.29 is 19.4 Å². The first-order valence-corrected chi connectivity index (χ1v) is 11.7. The van der Waals surface area contributed by atoms with Crippen molar-refractivity contribution in [2.24, 2.45) is 0 Å². The van der Waals surface area contributed by atoms with E-state index in [0.29, 0.717) is 33.0 Å². The lowest BCUT2D eigenvalue weighted by Gasteiger charge is -2.33. The molecule has 2 aromatic rings. The van der Waals surface area contributed by atoms with E-state index in [2.05, 4.69) is 15.5 Å². The van der Waals surface area contributed by atoms with Crippen molar-refractivity contribution in [1.82, 2.24) is 10.2 Å². The molecule has 2 aromatic carbocycles. The van der Waals surface area contributed by atoms with E-state index in [1.807, 2.05) is 0 Å². The number of piperidine rings is 1. The molecule has 1 aliphatic heterocycles. The average molecular weight is 515 g/mol. The lowest BCUT2D eigenvalue weighted by atomic mass is 10.1. The van der Waals surface area contributed by atoms with Crippen LogP contribution in [-0.4, -0.2) is 60.2 Å². The predicted molar refractivity (Wildman–Crippen MR) is 131 cm³/mol. The summed E-state index contributed by atoms with van der Waals surface area (Å²) >= 11 is 17.9. The van der Waals surface area contributed by atoms with Crippen LogP contribution in [0.3, 0.4) is 0 Å². The van der Waals surface area contributed by atoms with Crippen molar-refractivity contribution in [2.75, 3.05) is 31.5 Å². The van der Waals surface area contributed by atoms with Gasteiger partial charge in [0.1, 0.15) is 11.9 Å². The summed E-state index contributed by atoms with van der Waals surface area (Å²) in [5.74, 6) is -0.0208. The number of aliphatic hydroxyl groups excluding tert-OH is 1. The van der Waals surface area contributed by atoms with Crippen LogP contribution in [0, 0.1) is 0 Å². The highest BCUT2D eigenvalue weighted by Gasteiger charge is 2.23. The van der Waals surface area contributed by atoms with Crippen LogP contribution in [0.5, 0.6) is 5.75 Å². The molecule has 1 saturated heterocycles. The second kappa shape index (κ2) is 11.9. The normalized spacial score (nSPS) is 15.7. The van der Waals surface area contributed by atoms with Gasteiger partial charge in [-0.1, -0.05) is 34.8 Å². The van der Waals surface area contributed by atoms with Gasteiger partial charge in [-0.3, -0.25) is 9.59 Å². The van der Waals surface area contributed by atoms with Gasteiger partial charge < -0.3 is 25.4 Å². The molecule has 0 radical (unpaired) electrons. The van der Waals surface area contributed by atoms with E-state index in [4.69, 9.17) is 39.5 Å². The van der Waals surface area contributed by atoms with Gasteiger partial charge in [-0.15, -0.1) is 0 Å². The third-order valence-electron chi connectivity index (χ3n) is 5.23. The minimum Gasteiger partial charge on any atom is -0.490 e. The molecule has 1 aliphatic rings. The van der Waals surface area contributed by atoms with E-state index < -0.39 is 12.0 Å². The van der Waals surface area contributed by atoms with Crippen LogP contribution in [0.1, 0.15) is 30.1 Å². The topological polar surface area (TPSA) is 90.9 Å². The van der Waals surface area contributed by atoms with Gasteiger partial charge in [0, 0.05) is 44.2 Å². The fourth-order valence-electron chi connectivity index (χ4n) is 3.63. The molecule has 3 N–H and O–H groups in total. The van der Waals surface area contributed by atoms with Gasteiger partial charge in [-0.2, -0.15) is 0 Å². The third-order valence-corrected chi connectivity index (χ3v) is 6.21. The Balaban J connectivity index is 1.43. The van der Waals surface area contributed by atoms with Crippen LogP contribution in [-0.2, 0) is 4.79 Å². The molecule has 3 rings (SSSR count). The fraction of sp³-hybridized carbons (Fsp3) is 0.391. The molecule has 1 fully saturated rings. The average Bonchev–Trinajstić information content (AvgIpc) is 2.76. The number of nitrogens with one attached hydrogen (secondary N) is 2. The minimum atomic E-state index is -0.738. The van der Waals surface area contributed by atoms with Gasteiger partial charge in [-0.05, 0) is 43.2 Å². The van der Waals surface area contributed by atoms with Gasteiger partial charge >= 0.3 is 0 Å². The Morgan fingerprint density at radius 2 is 1.85 bits per heavy atom. The number of hydrogen-bond donors (Lipinski definition) is 3. The summed E-state index contributed by atoms with van der Waals surface area (Å²) in [7, 11) is 0. The number of nitrogens with zero attached hydrogens (tertiary/aromatic N) is 1. The number of aliphatic hydroxyl groups is 1. The highest BCUT2D eigenvalue weighted by molar-refractivity contribution is 6.42. The molecule has 1 atom stereocenters. The Bertz CT molecular complexity index is 997. The van der Waals surface area contributed by atoms with Crippen molar-refractivity contribution in [1.29, 1.82) is 0 Å². The largest absolute Gasteiger partial charge is 0.490 e. The number of amides is 2. The van der Waals surface area contributed by atoms with Crippen LogP contribution in [0.4, 0.5) is 5.69 Å². The van der Waals surface area contributed by atoms with Gasteiger partial charge in [-0.25, -0.2) is 0 Å². The molecule has 0 spiro atoms. The number of hydrogen-bond acceptors (Lipinski definition) is 5. The Hall–Kier alpha value is -2.03. The second-order valence-corrected chi connectivity index (χ2v) is 9.18. The maximum absolute atomic E-state index is 12.6. The van der Waals surface area contributed by atoms with Gasteiger partial charge in [0.2, 0.25) is 5.91 Å². The van der Waals surface area contributed by atoms with E-state index in [0.717, 1.165) is 25.9 Å². The first-order chi connectivity index (χ1) is 15.7. The van der Waals surface area contributed by atoms with E-state index >= 15 is 0 Å². The molecule has 0 aromatic heterocycles. The minimum absolute atomic E-state index is 0.0624. The Labute approximate surface area is 207 Å². The number of carbonyl (C=O) groups excluding carboxylic acids is 2. The zero-order valence-electron chi connectivity index (χ0n) is 18.1. The summed E-state index contributed by atoms with van der Waals surface area (Å²) in [6.07, 6.45) is 0.944. The van der Waals surface area contributed by atoms with Crippen LogP contribution >= 0.6 is 34.8 Å². The van der Waals surface area contributed by atoms with E-state index in [9.17, 15) is 14.7 Å². The van der Waals surface area contributed by atoms with Crippen LogP contribution in [0.15, 0.2) is 36.4 Å². The molecule has 0 saturated carbocycles. The van der Waals surface area contributed by atoms with Crippen molar-refractivity contribution in [3.05, 3.63) is 57.0 Å². The Morgan fingerprint density at radius 1 is 1.12 bits per heavy atom. The van der Waals surface area contributed by atoms with Crippen LogP contribution in [0.25, 0.3) is 0 Å². The standard InChI is InChI=1S/C23H26Cl3N3O4/c1-14(30)28-22-10-15(24)2-4-19(22)23(32)27-12-16(31)13-29-8-6-17(7-9-29)33-18-3-5-20(25)21(26)11-18/h2-5,10-11,16-17,31H,6-9,12-13H2,1H3,(H,27,32)(H,28,30)/t16-/m1/s1. The van der Waals surface area contributed by atoms with Crippen LogP contribution in [0.2, 0.25) is 15.1 Å². The number of carbonyl (C=O) groups is 2. The summed E-state index contributed by atoms with van der Waals surface area (Å²) < 4.78 is 5.99. The van der Waals surface area contributed by atoms with Gasteiger partial charge in [0.05, 0.1) is 27.4 Å². The third kappa shape index (κ3) is 7.76. The summed E-state index contributed by atoms with van der Waals surface area (Å²) in [5.41, 5.74) is 0.605. The molecular weight excluding hydrogens is 489 g/mol. The first-order valence-electron chi connectivity index (χ1n) is 10.6. The quantitative estimate of drug-likeness (QED) is 0.490. The zero-order chi connectivity index (χ0) is 24.0. The highest BCUT2D eigenvalue weighted by atomic mass is 35.5. The van der Waals surface area contributed by atoms with E-state index in [1.165, 1.54) is 19.1 Å². The van der Waals surface area contributed by atoms with Gasteiger partial charge in [0.15, 0.2) is 0 Å². The maximum atomic E-state index is 12.6. The van der Waals surface area contributed by atoms with Gasteiger partial charge in [0.25, 0.3) is 5.91 Å². The van der Waals surface area contributed by atoms with E-state index in [-0.39, 0.29) is 24.1 Å². The van der Waals surface area contributed by atoms with Crippen molar-refractivity contribution in [2.45, 2.75) is 32.0 Å². The first kappa shape index (κ1) is 25.6. The SMILES string of the molecule is CC(=O)Nc1cc(Cl)ccc1C(=O)NC[C@@H](O)CN1CCC(Oc2ccc(Cl)c(Cl)c2)CC1. The second-order valence-electron chi connectivity index (χ2n) is 7.93. The fourth-order valence-corrected chi connectivity index (χ4v) is 4.09. The number of benzene rings is 2. The molecule has 7 nitrogen and oxygen atoms in total. The maximum Gasteiger partial charge on any atom is 0.253 e. The monoisotopic (exact) mass is 513 g/mol. The van der Waals surface area contributed by atoms with Crippen molar-refractivity contribution in [3.8, 4) is 5.75 Å².